The standard InChI is InChI=1S/C6H6O2.BrH.Li/c7-5-2-1-3-6(8)4-5;;/h1-4,7-8H;1H;/q;;+1/p-1. The molecule has 1 aromatic carbocycles. The van der Waals surface area contributed by atoms with Crippen molar-refractivity contribution in [3.05, 3.63) is 24.3 Å². The first kappa shape index (κ1) is 12.6. The molecule has 0 saturated carbocycles. The van der Waals surface area contributed by atoms with E-state index >= 15 is 0 Å². The summed E-state index contributed by atoms with van der Waals surface area (Å²) >= 11 is 0. The Morgan fingerprint density at radius 2 is 1.40 bits per heavy atom. The van der Waals surface area contributed by atoms with E-state index in [0.717, 1.165) is 0 Å². The van der Waals surface area contributed by atoms with Crippen molar-refractivity contribution >= 4 is 0 Å². The molecule has 50 valence electrons. The summed E-state index contributed by atoms with van der Waals surface area (Å²) in [6.45, 7) is 0. The van der Waals surface area contributed by atoms with Gasteiger partial charge < -0.3 is 27.2 Å². The molecule has 0 unspecified atom stereocenters. The van der Waals surface area contributed by atoms with Crippen LogP contribution in [-0.2, 0) is 0 Å². The van der Waals surface area contributed by atoms with Crippen molar-refractivity contribution in [3.8, 4) is 11.5 Å². The SMILES string of the molecule is Oc1cccc(O)c1.[Br-].[Li+]. The second kappa shape index (κ2) is 5.66. The second-order valence-electron chi connectivity index (χ2n) is 1.52. The summed E-state index contributed by atoms with van der Waals surface area (Å²) < 4.78 is 0. The predicted octanol–water partition coefficient (Wildman–Crippen LogP) is -4.89. The van der Waals surface area contributed by atoms with Crippen molar-refractivity contribution in [1.29, 1.82) is 0 Å². The van der Waals surface area contributed by atoms with Gasteiger partial charge in [0.05, 0.1) is 0 Å². The zero-order chi connectivity index (χ0) is 5.98. The molecule has 0 aliphatic rings. The van der Waals surface area contributed by atoms with Gasteiger partial charge in [0.1, 0.15) is 11.5 Å². The van der Waals surface area contributed by atoms with Gasteiger partial charge in [-0.2, -0.15) is 0 Å². The molecule has 2 nitrogen and oxygen atoms in total. The number of hydrogen-bond donors (Lipinski definition) is 2. The molecule has 0 saturated heterocycles. The molecular formula is C6H6BrLiO2. The fourth-order valence-corrected chi connectivity index (χ4v) is 0.493. The van der Waals surface area contributed by atoms with E-state index in [4.69, 9.17) is 10.2 Å². The minimum atomic E-state index is 0. The molecule has 0 atom stereocenters. The number of halogens is 1. The van der Waals surface area contributed by atoms with E-state index in [1.165, 1.54) is 18.2 Å². The molecule has 1 rings (SSSR count). The molecule has 1 aromatic rings. The van der Waals surface area contributed by atoms with Gasteiger partial charge in [0.2, 0.25) is 0 Å². The van der Waals surface area contributed by atoms with Gasteiger partial charge in [0.25, 0.3) is 0 Å². The summed E-state index contributed by atoms with van der Waals surface area (Å²) in [6, 6.07) is 5.85. The van der Waals surface area contributed by atoms with Gasteiger partial charge in [-0.1, -0.05) is 6.07 Å². The van der Waals surface area contributed by atoms with Crippen LogP contribution in [0.3, 0.4) is 0 Å². The van der Waals surface area contributed by atoms with Crippen LogP contribution in [0.1, 0.15) is 0 Å². The van der Waals surface area contributed by atoms with Crippen LogP contribution in [0, 0.1) is 0 Å². The molecule has 0 aliphatic carbocycles. The number of aromatic hydroxyl groups is 2. The largest absolute Gasteiger partial charge is 1.00 e. The fraction of sp³-hybridized carbons (Fsp3) is 0. The average Bonchev–Trinajstić information content (AvgIpc) is 1.64. The van der Waals surface area contributed by atoms with Crippen molar-refractivity contribution < 1.29 is 46.1 Å². The van der Waals surface area contributed by atoms with Crippen molar-refractivity contribution in [3.63, 3.8) is 0 Å². The number of benzene rings is 1. The zero-order valence-electron chi connectivity index (χ0n) is 5.58. The third-order valence-electron chi connectivity index (χ3n) is 0.830. The number of hydrogen-bond acceptors (Lipinski definition) is 2. The average molecular weight is 197 g/mol. The summed E-state index contributed by atoms with van der Waals surface area (Å²) in [5.41, 5.74) is 0. The topological polar surface area (TPSA) is 40.5 Å². The molecule has 0 fully saturated rings. The Morgan fingerprint density at radius 3 is 1.60 bits per heavy atom. The third-order valence-corrected chi connectivity index (χ3v) is 0.830. The van der Waals surface area contributed by atoms with Crippen molar-refractivity contribution in [2.24, 2.45) is 0 Å². The predicted molar refractivity (Wildman–Crippen MR) is 29.8 cm³/mol. The van der Waals surface area contributed by atoms with Gasteiger partial charge in [0.15, 0.2) is 0 Å². The Bertz CT molecular complexity index is 176. The Morgan fingerprint density at radius 1 is 1.00 bits per heavy atom. The summed E-state index contributed by atoms with van der Waals surface area (Å²) in [5, 5.41) is 17.3. The van der Waals surface area contributed by atoms with Crippen LogP contribution in [0.5, 0.6) is 11.5 Å². The second-order valence-corrected chi connectivity index (χ2v) is 1.52. The van der Waals surface area contributed by atoms with Gasteiger partial charge in [-0.15, -0.1) is 0 Å². The van der Waals surface area contributed by atoms with Crippen molar-refractivity contribution in [2.75, 3.05) is 0 Å². The molecule has 0 bridgehead atoms. The number of rotatable bonds is 0. The molecular weight excluding hydrogens is 191 g/mol. The maximum Gasteiger partial charge on any atom is 1.00 e. The molecule has 0 heterocycles. The maximum atomic E-state index is 8.65. The van der Waals surface area contributed by atoms with Crippen LogP contribution in [0.4, 0.5) is 0 Å². The van der Waals surface area contributed by atoms with E-state index in [-0.39, 0.29) is 47.3 Å². The molecule has 0 radical (unpaired) electrons. The summed E-state index contributed by atoms with van der Waals surface area (Å²) in [5.74, 6) is 0.176. The van der Waals surface area contributed by atoms with Gasteiger partial charge in [-0.3, -0.25) is 0 Å². The first-order valence-corrected chi connectivity index (χ1v) is 2.27. The Hall–Kier alpha value is -0.103. The van der Waals surface area contributed by atoms with Gasteiger partial charge in [0, 0.05) is 6.07 Å². The van der Waals surface area contributed by atoms with Crippen LogP contribution in [-0.4, -0.2) is 10.2 Å². The van der Waals surface area contributed by atoms with Crippen LogP contribution in [0.2, 0.25) is 0 Å². The van der Waals surface area contributed by atoms with Crippen molar-refractivity contribution in [2.45, 2.75) is 0 Å². The van der Waals surface area contributed by atoms with Crippen LogP contribution in [0.25, 0.3) is 0 Å². The smallest absolute Gasteiger partial charge is 1.00 e. The minimum Gasteiger partial charge on any atom is -1.00 e. The van der Waals surface area contributed by atoms with Gasteiger partial charge in [-0.05, 0) is 12.1 Å². The molecule has 10 heavy (non-hydrogen) atoms. The molecule has 0 amide bonds. The maximum absolute atomic E-state index is 8.65. The van der Waals surface area contributed by atoms with Crippen molar-refractivity contribution in [1.82, 2.24) is 0 Å². The van der Waals surface area contributed by atoms with Gasteiger partial charge >= 0.3 is 18.9 Å². The molecule has 0 aromatic heterocycles. The first-order chi connectivity index (χ1) is 3.79. The molecule has 4 heteroatoms. The third kappa shape index (κ3) is 3.84. The molecule has 0 aliphatic heterocycles. The van der Waals surface area contributed by atoms with E-state index in [2.05, 4.69) is 0 Å². The van der Waals surface area contributed by atoms with Crippen LogP contribution >= 0.6 is 0 Å². The zero-order valence-corrected chi connectivity index (χ0v) is 7.17. The summed E-state index contributed by atoms with van der Waals surface area (Å²) in [6.07, 6.45) is 0. The van der Waals surface area contributed by atoms with E-state index in [1.807, 2.05) is 0 Å². The monoisotopic (exact) mass is 196 g/mol. The number of phenols is 2. The van der Waals surface area contributed by atoms with Gasteiger partial charge in [-0.25, -0.2) is 0 Å². The van der Waals surface area contributed by atoms with E-state index < -0.39 is 0 Å². The summed E-state index contributed by atoms with van der Waals surface area (Å²) in [4.78, 5) is 0. The Labute approximate surface area is 81.8 Å². The number of phenolic OH excluding ortho intramolecular Hbond substituents is 2. The first-order valence-electron chi connectivity index (χ1n) is 2.27. The van der Waals surface area contributed by atoms with E-state index in [1.54, 1.807) is 6.07 Å². The van der Waals surface area contributed by atoms with Crippen LogP contribution in [0.15, 0.2) is 24.3 Å². The fourth-order valence-electron chi connectivity index (χ4n) is 0.493. The normalized spacial score (nSPS) is 7.20. The summed E-state index contributed by atoms with van der Waals surface area (Å²) in [7, 11) is 0. The van der Waals surface area contributed by atoms with Crippen LogP contribution < -0.4 is 35.8 Å². The molecule has 2 N–H and O–H groups in total. The quantitative estimate of drug-likeness (QED) is 0.409. The Balaban J connectivity index is 0. The van der Waals surface area contributed by atoms with E-state index in [0.29, 0.717) is 0 Å². The van der Waals surface area contributed by atoms with E-state index in [9.17, 15) is 0 Å². The molecule has 0 spiro atoms. The minimum absolute atomic E-state index is 0. The Kier molecular flexibility index (Phi) is 7.12.